The van der Waals surface area contributed by atoms with Gasteiger partial charge >= 0.3 is 0 Å². The van der Waals surface area contributed by atoms with E-state index in [1.54, 1.807) is 12.1 Å². The lowest BCUT2D eigenvalue weighted by Crippen LogP contribution is -2.28. The van der Waals surface area contributed by atoms with Crippen LogP contribution in [0.4, 0.5) is 0 Å². The summed E-state index contributed by atoms with van der Waals surface area (Å²) in [6.45, 7) is 0.501. The summed E-state index contributed by atoms with van der Waals surface area (Å²) in [6.07, 6.45) is 6.24. The van der Waals surface area contributed by atoms with Crippen molar-refractivity contribution in [3.05, 3.63) is 65.6 Å². The lowest BCUT2D eigenvalue weighted by Gasteiger charge is -2.07. The molecule has 1 aromatic carbocycles. The van der Waals surface area contributed by atoms with Gasteiger partial charge in [0.25, 0.3) is 11.8 Å². The smallest absolute Gasteiger partial charge is 0.269 e. The van der Waals surface area contributed by atoms with Gasteiger partial charge in [-0.25, -0.2) is 0 Å². The standard InChI is InChI=1S/C20H20N4O2/c25-19(24-15-5-6-15)13-7-9-21-18(11-13)20(26)22-10-8-14-12-23-17-4-2-1-3-16(14)17/h1-4,7,9,11-12,15,23H,5-6,8,10H2,(H,22,26)(H,24,25). The predicted octanol–water partition coefficient (Wildman–Crippen LogP) is 2.43. The predicted molar refractivity (Wildman–Crippen MR) is 99.1 cm³/mol. The van der Waals surface area contributed by atoms with Gasteiger partial charge < -0.3 is 15.6 Å². The van der Waals surface area contributed by atoms with Crippen molar-refractivity contribution in [2.45, 2.75) is 25.3 Å². The number of amides is 2. The summed E-state index contributed by atoms with van der Waals surface area (Å²) in [5.41, 5.74) is 2.97. The Morgan fingerprint density at radius 3 is 2.85 bits per heavy atom. The van der Waals surface area contributed by atoms with Gasteiger partial charge in [-0.3, -0.25) is 14.6 Å². The molecule has 1 fully saturated rings. The minimum Gasteiger partial charge on any atom is -0.361 e. The van der Waals surface area contributed by atoms with Gasteiger partial charge in [-0.2, -0.15) is 0 Å². The van der Waals surface area contributed by atoms with Crippen LogP contribution in [0, 0.1) is 0 Å². The molecule has 1 saturated carbocycles. The topological polar surface area (TPSA) is 86.9 Å². The largest absolute Gasteiger partial charge is 0.361 e. The molecule has 6 heteroatoms. The Balaban J connectivity index is 1.36. The maximum absolute atomic E-state index is 12.3. The number of fused-ring (bicyclic) bond motifs is 1. The third-order valence-electron chi connectivity index (χ3n) is 4.52. The molecule has 2 heterocycles. The number of hydrogen-bond acceptors (Lipinski definition) is 3. The number of rotatable bonds is 6. The summed E-state index contributed by atoms with van der Waals surface area (Å²) in [7, 11) is 0. The zero-order valence-electron chi connectivity index (χ0n) is 14.3. The zero-order valence-corrected chi connectivity index (χ0v) is 14.3. The first-order valence-electron chi connectivity index (χ1n) is 8.81. The molecule has 3 aromatic rings. The number of nitrogens with zero attached hydrogens (tertiary/aromatic N) is 1. The molecule has 132 valence electrons. The van der Waals surface area contributed by atoms with Crippen LogP contribution in [0.2, 0.25) is 0 Å². The quantitative estimate of drug-likeness (QED) is 0.639. The van der Waals surface area contributed by atoms with Crippen LogP contribution < -0.4 is 10.6 Å². The number of aromatic amines is 1. The van der Waals surface area contributed by atoms with E-state index in [1.807, 2.05) is 24.4 Å². The highest BCUT2D eigenvalue weighted by atomic mass is 16.2. The minimum atomic E-state index is -0.272. The van der Waals surface area contributed by atoms with E-state index in [1.165, 1.54) is 11.6 Å². The van der Waals surface area contributed by atoms with Gasteiger partial charge in [0.1, 0.15) is 5.69 Å². The molecule has 0 radical (unpaired) electrons. The Bertz CT molecular complexity index is 959. The van der Waals surface area contributed by atoms with Crippen LogP contribution in [0.5, 0.6) is 0 Å². The molecular formula is C20H20N4O2. The van der Waals surface area contributed by atoms with Gasteiger partial charge in [0.05, 0.1) is 0 Å². The molecule has 1 aliphatic rings. The van der Waals surface area contributed by atoms with E-state index in [2.05, 4.69) is 26.7 Å². The van der Waals surface area contributed by atoms with E-state index in [9.17, 15) is 9.59 Å². The van der Waals surface area contributed by atoms with Crippen molar-refractivity contribution in [2.75, 3.05) is 6.54 Å². The Labute approximate surface area is 151 Å². The molecule has 2 aromatic heterocycles. The summed E-state index contributed by atoms with van der Waals surface area (Å²) in [5.74, 6) is -0.423. The van der Waals surface area contributed by atoms with Crippen molar-refractivity contribution in [2.24, 2.45) is 0 Å². The van der Waals surface area contributed by atoms with Crippen LogP contribution in [-0.4, -0.2) is 34.4 Å². The molecule has 0 bridgehead atoms. The summed E-state index contributed by atoms with van der Waals surface area (Å²) in [6, 6.07) is 11.5. The third-order valence-corrected chi connectivity index (χ3v) is 4.52. The first-order valence-corrected chi connectivity index (χ1v) is 8.81. The maximum Gasteiger partial charge on any atom is 0.269 e. The normalized spacial score (nSPS) is 13.5. The monoisotopic (exact) mass is 348 g/mol. The zero-order chi connectivity index (χ0) is 17.9. The number of carbonyl (C=O) groups excluding carboxylic acids is 2. The highest BCUT2D eigenvalue weighted by Gasteiger charge is 2.24. The lowest BCUT2D eigenvalue weighted by molar-refractivity contribution is 0.0949. The van der Waals surface area contributed by atoms with Crippen LogP contribution in [0.15, 0.2) is 48.8 Å². The van der Waals surface area contributed by atoms with Crippen molar-refractivity contribution < 1.29 is 9.59 Å². The molecule has 0 spiro atoms. The third kappa shape index (κ3) is 3.59. The number of H-pyrrole nitrogens is 1. The molecule has 1 aliphatic carbocycles. The van der Waals surface area contributed by atoms with Gasteiger partial charge in [0.2, 0.25) is 0 Å². The molecule has 0 saturated heterocycles. The fourth-order valence-electron chi connectivity index (χ4n) is 2.93. The van der Waals surface area contributed by atoms with Crippen LogP contribution in [-0.2, 0) is 6.42 Å². The number of pyridine rings is 1. The van der Waals surface area contributed by atoms with Crippen molar-refractivity contribution in [1.82, 2.24) is 20.6 Å². The van der Waals surface area contributed by atoms with Crippen LogP contribution >= 0.6 is 0 Å². The molecule has 4 rings (SSSR count). The van der Waals surface area contributed by atoms with Gasteiger partial charge in [-0.1, -0.05) is 18.2 Å². The number of para-hydroxylation sites is 1. The molecule has 6 nitrogen and oxygen atoms in total. The van der Waals surface area contributed by atoms with Crippen LogP contribution in [0.25, 0.3) is 10.9 Å². The first-order chi connectivity index (χ1) is 12.7. The number of carbonyl (C=O) groups is 2. The van der Waals surface area contributed by atoms with Gasteiger partial charge in [-0.05, 0) is 43.0 Å². The van der Waals surface area contributed by atoms with Crippen LogP contribution in [0.3, 0.4) is 0 Å². The van der Waals surface area contributed by atoms with Crippen molar-refractivity contribution in [1.29, 1.82) is 0 Å². The molecule has 0 aliphatic heterocycles. The maximum atomic E-state index is 12.3. The van der Waals surface area contributed by atoms with E-state index < -0.39 is 0 Å². The number of benzene rings is 1. The number of nitrogens with one attached hydrogen (secondary N) is 3. The highest BCUT2D eigenvalue weighted by molar-refractivity contribution is 5.98. The fourth-order valence-corrected chi connectivity index (χ4v) is 2.93. The lowest BCUT2D eigenvalue weighted by atomic mass is 10.1. The number of hydrogen-bond donors (Lipinski definition) is 3. The van der Waals surface area contributed by atoms with Crippen molar-refractivity contribution in [3.8, 4) is 0 Å². The molecule has 3 N–H and O–H groups in total. The second-order valence-corrected chi connectivity index (χ2v) is 6.54. The Morgan fingerprint density at radius 2 is 2.00 bits per heavy atom. The molecule has 0 unspecified atom stereocenters. The molecule has 26 heavy (non-hydrogen) atoms. The molecule has 2 amide bonds. The molecular weight excluding hydrogens is 328 g/mol. The van der Waals surface area contributed by atoms with Crippen LogP contribution in [0.1, 0.15) is 39.3 Å². The fraction of sp³-hybridized carbons (Fsp3) is 0.250. The summed E-state index contributed by atoms with van der Waals surface area (Å²) < 4.78 is 0. The summed E-state index contributed by atoms with van der Waals surface area (Å²) in [4.78, 5) is 31.7. The second kappa shape index (κ2) is 7.00. The highest BCUT2D eigenvalue weighted by Crippen LogP contribution is 2.19. The van der Waals surface area contributed by atoms with Crippen molar-refractivity contribution in [3.63, 3.8) is 0 Å². The Hall–Kier alpha value is -3.15. The molecule has 0 atom stereocenters. The minimum absolute atomic E-state index is 0.150. The van der Waals surface area contributed by atoms with E-state index in [0.29, 0.717) is 12.1 Å². The van der Waals surface area contributed by atoms with Gasteiger partial charge in [0, 0.05) is 41.4 Å². The second-order valence-electron chi connectivity index (χ2n) is 6.54. The Kier molecular flexibility index (Phi) is 4.39. The van der Waals surface area contributed by atoms with E-state index in [4.69, 9.17) is 0 Å². The number of aromatic nitrogens is 2. The average molecular weight is 348 g/mol. The first kappa shape index (κ1) is 16.3. The average Bonchev–Trinajstić information content (AvgIpc) is 3.39. The van der Waals surface area contributed by atoms with E-state index in [0.717, 1.165) is 30.3 Å². The summed E-state index contributed by atoms with van der Waals surface area (Å²) in [5, 5.41) is 6.95. The van der Waals surface area contributed by atoms with E-state index >= 15 is 0 Å². The summed E-state index contributed by atoms with van der Waals surface area (Å²) >= 11 is 0. The Morgan fingerprint density at radius 1 is 1.15 bits per heavy atom. The van der Waals surface area contributed by atoms with E-state index in [-0.39, 0.29) is 23.6 Å². The van der Waals surface area contributed by atoms with Gasteiger partial charge in [0.15, 0.2) is 0 Å². The SMILES string of the molecule is O=C(NC1CC1)c1ccnc(C(=O)NCCc2c[nH]c3ccccc23)c1. The van der Waals surface area contributed by atoms with Crippen molar-refractivity contribution >= 4 is 22.7 Å². The van der Waals surface area contributed by atoms with Gasteiger partial charge in [-0.15, -0.1) is 0 Å².